The van der Waals surface area contributed by atoms with Gasteiger partial charge in [-0.25, -0.2) is 5.43 Å². The molecule has 0 heterocycles. The van der Waals surface area contributed by atoms with Crippen LogP contribution < -0.4 is 10.2 Å². The lowest BCUT2D eigenvalue weighted by atomic mass is 10.1. The van der Waals surface area contributed by atoms with Crippen LogP contribution in [0.4, 0.5) is 5.69 Å². The summed E-state index contributed by atoms with van der Waals surface area (Å²) >= 11 is 0. The van der Waals surface area contributed by atoms with Crippen molar-refractivity contribution in [1.29, 1.82) is 0 Å². The molecule has 2 rings (SSSR count). The molecule has 0 aliphatic heterocycles. The number of amides is 1. The Morgan fingerprint density at radius 2 is 2.08 bits per heavy atom. The maximum atomic E-state index is 11.9. The van der Waals surface area contributed by atoms with E-state index in [2.05, 4.69) is 10.5 Å². The second-order valence-electron chi connectivity index (χ2n) is 4.79. The Kier molecular flexibility index (Phi) is 5.51. The van der Waals surface area contributed by atoms with Gasteiger partial charge in [-0.15, -0.1) is 0 Å². The molecule has 0 bridgehead atoms. The number of hydrogen-bond donors (Lipinski definition) is 3. The molecular formula is C16H15N3O6. The number of carbonyl (C=O) groups excluding carboxylic acids is 1. The van der Waals surface area contributed by atoms with Crippen LogP contribution in [0.15, 0.2) is 41.5 Å². The predicted octanol–water partition coefficient (Wildman–Crippen LogP) is 2.17. The number of non-ortho nitro benzene ring substituents is 1. The monoisotopic (exact) mass is 345 g/mol. The van der Waals surface area contributed by atoms with Crippen LogP contribution in [0, 0.1) is 10.1 Å². The van der Waals surface area contributed by atoms with Crippen LogP contribution in [0.5, 0.6) is 17.2 Å². The molecule has 0 atom stereocenters. The second-order valence-corrected chi connectivity index (χ2v) is 4.79. The molecule has 0 aliphatic carbocycles. The van der Waals surface area contributed by atoms with Gasteiger partial charge in [0.15, 0.2) is 11.5 Å². The number of hydrazone groups is 1. The number of carbonyl (C=O) groups is 1. The number of nitro benzene ring substituents is 1. The molecule has 25 heavy (non-hydrogen) atoms. The van der Waals surface area contributed by atoms with Gasteiger partial charge in [0.1, 0.15) is 5.75 Å². The Morgan fingerprint density at radius 1 is 1.36 bits per heavy atom. The van der Waals surface area contributed by atoms with Crippen molar-refractivity contribution in [1.82, 2.24) is 5.43 Å². The van der Waals surface area contributed by atoms with E-state index < -0.39 is 10.8 Å². The smallest absolute Gasteiger partial charge is 0.275 e. The number of benzene rings is 2. The summed E-state index contributed by atoms with van der Waals surface area (Å²) in [4.78, 5) is 22.2. The zero-order valence-corrected chi connectivity index (χ0v) is 13.2. The van der Waals surface area contributed by atoms with Crippen molar-refractivity contribution in [2.45, 2.75) is 6.92 Å². The van der Waals surface area contributed by atoms with Gasteiger partial charge in [-0.3, -0.25) is 14.9 Å². The van der Waals surface area contributed by atoms with E-state index in [1.807, 2.05) is 0 Å². The average Bonchev–Trinajstić information content (AvgIpc) is 2.58. The highest BCUT2D eigenvalue weighted by Crippen LogP contribution is 2.33. The minimum Gasteiger partial charge on any atom is -0.507 e. The van der Waals surface area contributed by atoms with E-state index in [0.717, 1.165) is 18.3 Å². The Morgan fingerprint density at radius 3 is 2.72 bits per heavy atom. The van der Waals surface area contributed by atoms with Crippen molar-refractivity contribution in [2.24, 2.45) is 5.10 Å². The number of para-hydroxylation sites is 1. The minimum atomic E-state index is -0.677. The molecule has 0 aromatic heterocycles. The summed E-state index contributed by atoms with van der Waals surface area (Å²) in [6.07, 6.45) is 1.04. The van der Waals surface area contributed by atoms with Gasteiger partial charge < -0.3 is 14.9 Å². The molecule has 0 spiro atoms. The Balaban J connectivity index is 2.24. The van der Waals surface area contributed by atoms with E-state index >= 15 is 0 Å². The number of nitrogens with one attached hydrogen (secondary N) is 1. The lowest BCUT2D eigenvalue weighted by Crippen LogP contribution is -2.17. The van der Waals surface area contributed by atoms with E-state index in [-0.39, 0.29) is 40.7 Å². The highest BCUT2D eigenvalue weighted by molar-refractivity contribution is 5.97. The molecule has 9 heteroatoms. The van der Waals surface area contributed by atoms with Gasteiger partial charge in [0.25, 0.3) is 11.6 Å². The van der Waals surface area contributed by atoms with Gasteiger partial charge in [0.2, 0.25) is 0 Å². The molecule has 3 N–H and O–H groups in total. The first-order chi connectivity index (χ1) is 11.9. The molecule has 1 amide bonds. The van der Waals surface area contributed by atoms with Crippen molar-refractivity contribution in [2.75, 3.05) is 6.61 Å². The molecule has 0 unspecified atom stereocenters. The topological polar surface area (TPSA) is 134 Å². The maximum absolute atomic E-state index is 11.9. The van der Waals surface area contributed by atoms with Crippen molar-refractivity contribution in [3.8, 4) is 17.2 Å². The van der Waals surface area contributed by atoms with Crippen LogP contribution in [0.25, 0.3) is 0 Å². The van der Waals surface area contributed by atoms with Crippen molar-refractivity contribution < 1.29 is 24.7 Å². The van der Waals surface area contributed by atoms with Gasteiger partial charge in [0.05, 0.1) is 29.4 Å². The standard InChI is InChI=1S/C16H15N3O6/c1-2-25-14-8-11(19(23)24)7-10(15(14)21)9-17-18-16(22)12-5-3-4-6-13(12)20/h3-9,20-21H,2H2,1H3,(H,18,22)/b17-9-. The Hall–Kier alpha value is -3.62. The van der Waals surface area contributed by atoms with Gasteiger partial charge in [0, 0.05) is 11.6 Å². The fourth-order valence-corrected chi connectivity index (χ4v) is 1.97. The van der Waals surface area contributed by atoms with Crippen molar-refractivity contribution in [3.63, 3.8) is 0 Å². The van der Waals surface area contributed by atoms with Gasteiger partial charge in [-0.2, -0.15) is 5.10 Å². The lowest BCUT2D eigenvalue weighted by Gasteiger charge is -2.08. The summed E-state index contributed by atoms with van der Waals surface area (Å²) in [7, 11) is 0. The summed E-state index contributed by atoms with van der Waals surface area (Å²) in [6.45, 7) is 1.87. The molecular weight excluding hydrogens is 330 g/mol. The van der Waals surface area contributed by atoms with Crippen molar-refractivity contribution >= 4 is 17.8 Å². The first-order valence-electron chi connectivity index (χ1n) is 7.19. The van der Waals surface area contributed by atoms with Gasteiger partial charge >= 0.3 is 0 Å². The fraction of sp³-hybridized carbons (Fsp3) is 0.125. The molecule has 130 valence electrons. The summed E-state index contributed by atoms with van der Waals surface area (Å²) in [5, 5.41) is 34.3. The third kappa shape index (κ3) is 4.22. The molecule has 0 radical (unpaired) electrons. The molecule has 2 aromatic rings. The average molecular weight is 345 g/mol. The highest BCUT2D eigenvalue weighted by atomic mass is 16.6. The lowest BCUT2D eigenvalue weighted by molar-refractivity contribution is -0.385. The molecule has 0 aliphatic rings. The highest BCUT2D eigenvalue weighted by Gasteiger charge is 2.16. The summed E-state index contributed by atoms with van der Waals surface area (Å²) in [5.74, 6) is -1.30. The van der Waals surface area contributed by atoms with Crippen LogP contribution in [-0.4, -0.2) is 33.9 Å². The van der Waals surface area contributed by atoms with E-state index in [4.69, 9.17) is 4.74 Å². The molecule has 0 saturated carbocycles. The third-order valence-electron chi connectivity index (χ3n) is 3.12. The number of phenolic OH excluding ortho intramolecular Hbond substituents is 2. The predicted molar refractivity (Wildman–Crippen MR) is 89.1 cm³/mol. The van der Waals surface area contributed by atoms with Gasteiger partial charge in [-0.05, 0) is 19.1 Å². The SMILES string of the molecule is CCOc1cc([N+](=O)[O-])cc(/C=N\NC(=O)c2ccccc2O)c1O. The van der Waals surface area contributed by atoms with Crippen LogP contribution >= 0.6 is 0 Å². The largest absolute Gasteiger partial charge is 0.507 e. The van der Waals surface area contributed by atoms with E-state index in [1.165, 1.54) is 12.1 Å². The van der Waals surface area contributed by atoms with E-state index in [9.17, 15) is 25.1 Å². The molecule has 0 saturated heterocycles. The van der Waals surface area contributed by atoms with E-state index in [0.29, 0.717) is 0 Å². The first-order valence-corrected chi connectivity index (χ1v) is 7.19. The summed E-state index contributed by atoms with van der Waals surface area (Å²) < 4.78 is 5.14. The minimum absolute atomic E-state index is 0.00441. The quantitative estimate of drug-likeness (QED) is 0.417. The number of hydrogen-bond acceptors (Lipinski definition) is 7. The number of nitro groups is 1. The number of aromatic hydroxyl groups is 2. The molecule has 2 aromatic carbocycles. The van der Waals surface area contributed by atoms with Crippen LogP contribution in [0.1, 0.15) is 22.8 Å². The number of rotatable bonds is 6. The molecule has 9 nitrogen and oxygen atoms in total. The van der Waals surface area contributed by atoms with Crippen molar-refractivity contribution in [3.05, 3.63) is 57.6 Å². The Bertz CT molecular complexity index is 835. The third-order valence-corrected chi connectivity index (χ3v) is 3.12. The van der Waals surface area contributed by atoms with Crippen LogP contribution in [0.2, 0.25) is 0 Å². The summed E-state index contributed by atoms with van der Waals surface area (Å²) in [6, 6.07) is 8.06. The normalized spacial score (nSPS) is 10.6. The second kappa shape index (κ2) is 7.77. The molecule has 0 fully saturated rings. The van der Waals surface area contributed by atoms with E-state index in [1.54, 1.807) is 19.1 Å². The zero-order valence-electron chi connectivity index (χ0n) is 13.2. The van der Waals surface area contributed by atoms with Gasteiger partial charge in [-0.1, -0.05) is 12.1 Å². The number of ether oxygens (including phenoxy) is 1. The van der Waals surface area contributed by atoms with Crippen LogP contribution in [0.3, 0.4) is 0 Å². The number of phenols is 2. The Labute approximate surface area is 142 Å². The zero-order chi connectivity index (χ0) is 18.4. The maximum Gasteiger partial charge on any atom is 0.275 e. The first kappa shape index (κ1) is 17.7. The van der Waals surface area contributed by atoms with Crippen LogP contribution in [-0.2, 0) is 0 Å². The fourth-order valence-electron chi connectivity index (χ4n) is 1.97. The summed E-state index contributed by atoms with van der Waals surface area (Å²) in [5.41, 5.74) is 1.88. The number of nitrogens with zero attached hydrogens (tertiary/aromatic N) is 2.